The van der Waals surface area contributed by atoms with Crippen LogP contribution in [0.5, 0.6) is 0 Å². The highest BCUT2D eigenvalue weighted by Crippen LogP contribution is 2.29. The quantitative estimate of drug-likeness (QED) is 0.892. The molecular formula is C14H9ClF2O2. The van der Waals surface area contributed by atoms with Crippen molar-refractivity contribution < 1.29 is 18.7 Å². The molecule has 0 radical (unpaired) electrons. The van der Waals surface area contributed by atoms with Gasteiger partial charge in [-0.3, -0.25) is 0 Å². The van der Waals surface area contributed by atoms with Crippen LogP contribution in [0.3, 0.4) is 0 Å². The number of rotatable bonds is 2. The highest BCUT2D eigenvalue weighted by Gasteiger charge is 2.16. The zero-order valence-corrected chi connectivity index (χ0v) is 10.6. The summed E-state index contributed by atoms with van der Waals surface area (Å²) in [5, 5.41) is 9.02. The Morgan fingerprint density at radius 2 is 1.84 bits per heavy atom. The topological polar surface area (TPSA) is 37.3 Å². The van der Waals surface area contributed by atoms with Crippen molar-refractivity contribution >= 4 is 17.6 Å². The lowest BCUT2D eigenvalue weighted by Gasteiger charge is -2.09. The van der Waals surface area contributed by atoms with E-state index in [1.807, 2.05) is 0 Å². The summed E-state index contributed by atoms with van der Waals surface area (Å²) in [6, 6.07) is 6.25. The maximum absolute atomic E-state index is 13.4. The molecule has 2 rings (SSSR count). The van der Waals surface area contributed by atoms with E-state index < -0.39 is 17.6 Å². The molecule has 1 N–H and O–H groups in total. The van der Waals surface area contributed by atoms with Crippen molar-refractivity contribution in [3.63, 3.8) is 0 Å². The molecule has 0 unspecified atom stereocenters. The fourth-order valence-corrected chi connectivity index (χ4v) is 1.88. The molecule has 0 aliphatic heterocycles. The van der Waals surface area contributed by atoms with Crippen LogP contribution in [0.15, 0.2) is 30.3 Å². The van der Waals surface area contributed by atoms with E-state index in [-0.39, 0.29) is 21.7 Å². The number of carbonyl (C=O) groups is 1. The molecule has 98 valence electrons. The lowest BCUT2D eigenvalue weighted by molar-refractivity contribution is 0.0697. The van der Waals surface area contributed by atoms with Crippen LogP contribution in [0.1, 0.15) is 15.9 Å². The number of halogens is 3. The first kappa shape index (κ1) is 13.5. The number of carboxylic acids is 1. The number of aryl methyl sites for hydroxylation is 1. The normalized spacial score (nSPS) is 10.5. The predicted molar refractivity (Wildman–Crippen MR) is 68.5 cm³/mol. The Balaban J connectivity index is 2.69. The number of hydrogen-bond donors (Lipinski definition) is 1. The second kappa shape index (κ2) is 4.97. The Kier molecular flexibility index (Phi) is 3.53. The monoisotopic (exact) mass is 282 g/mol. The maximum atomic E-state index is 13.4. The summed E-state index contributed by atoms with van der Waals surface area (Å²) in [5.41, 5.74) is 0.657. The summed E-state index contributed by atoms with van der Waals surface area (Å²) in [5.74, 6) is -2.54. The molecule has 2 aromatic carbocycles. The highest BCUT2D eigenvalue weighted by atomic mass is 35.5. The molecule has 0 atom stereocenters. The lowest BCUT2D eigenvalue weighted by Crippen LogP contribution is -2.02. The van der Waals surface area contributed by atoms with Crippen LogP contribution >= 0.6 is 11.6 Å². The molecule has 2 nitrogen and oxygen atoms in total. The largest absolute Gasteiger partial charge is 0.478 e. The van der Waals surface area contributed by atoms with Gasteiger partial charge in [-0.2, -0.15) is 0 Å². The summed E-state index contributed by atoms with van der Waals surface area (Å²) in [7, 11) is 0. The molecule has 2 aromatic rings. The molecule has 0 heterocycles. The van der Waals surface area contributed by atoms with Gasteiger partial charge in [0, 0.05) is 0 Å². The van der Waals surface area contributed by atoms with Gasteiger partial charge in [0.25, 0.3) is 0 Å². The number of hydrogen-bond acceptors (Lipinski definition) is 1. The Morgan fingerprint density at radius 1 is 1.16 bits per heavy atom. The molecule has 0 fully saturated rings. The Hall–Kier alpha value is -1.94. The van der Waals surface area contributed by atoms with Gasteiger partial charge in [-0.25, -0.2) is 13.6 Å². The summed E-state index contributed by atoms with van der Waals surface area (Å²) >= 11 is 5.58. The second-order valence-electron chi connectivity index (χ2n) is 4.08. The van der Waals surface area contributed by atoms with Crippen LogP contribution in [-0.2, 0) is 0 Å². The number of aromatic carboxylic acids is 1. The predicted octanol–water partition coefficient (Wildman–Crippen LogP) is 4.29. The van der Waals surface area contributed by atoms with Gasteiger partial charge >= 0.3 is 5.97 Å². The zero-order valence-electron chi connectivity index (χ0n) is 9.88. The van der Waals surface area contributed by atoms with Gasteiger partial charge in [0.1, 0.15) is 11.6 Å². The van der Waals surface area contributed by atoms with Crippen molar-refractivity contribution in [1.82, 2.24) is 0 Å². The molecule has 0 aromatic heterocycles. The first-order chi connectivity index (χ1) is 8.90. The fourth-order valence-electron chi connectivity index (χ4n) is 1.76. The van der Waals surface area contributed by atoms with Gasteiger partial charge in [0.2, 0.25) is 0 Å². The molecule has 0 aliphatic rings. The van der Waals surface area contributed by atoms with Crippen LogP contribution in [0.2, 0.25) is 5.02 Å². The van der Waals surface area contributed by atoms with Gasteiger partial charge in [0.15, 0.2) is 0 Å². The minimum absolute atomic E-state index is 0.0561. The minimum atomic E-state index is -1.27. The van der Waals surface area contributed by atoms with Crippen LogP contribution in [-0.4, -0.2) is 11.1 Å². The van der Waals surface area contributed by atoms with E-state index in [1.165, 1.54) is 25.1 Å². The molecule has 0 saturated heterocycles. The summed E-state index contributed by atoms with van der Waals surface area (Å²) in [4.78, 5) is 11.1. The number of benzene rings is 2. The van der Waals surface area contributed by atoms with Gasteiger partial charge in [-0.1, -0.05) is 17.7 Å². The molecule has 0 saturated carbocycles. The average Bonchev–Trinajstić information content (AvgIpc) is 2.35. The molecule has 0 bridgehead atoms. The van der Waals surface area contributed by atoms with E-state index >= 15 is 0 Å². The van der Waals surface area contributed by atoms with E-state index in [1.54, 1.807) is 0 Å². The van der Waals surface area contributed by atoms with Crippen molar-refractivity contribution in [2.45, 2.75) is 6.92 Å². The van der Waals surface area contributed by atoms with Gasteiger partial charge in [0.05, 0.1) is 10.6 Å². The van der Waals surface area contributed by atoms with Crippen molar-refractivity contribution in [2.24, 2.45) is 0 Å². The average molecular weight is 283 g/mol. The summed E-state index contributed by atoms with van der Waals surface area (Å²) in [6.45, 7) is 1.51. The molecule has 5 heteroatoms. The van der Waals surface area contributed by atoms with Crippen molar-refractivity contribution in [2.75, 3.05) is 0 Å². The van der Waals surface area contributed by atoms with Crippen molar-refractivity contribution in [1.29, 1.82) is 0 Å². The molecule has 19 heavy (non-hydrogen) atoms. The summed E-state index contributed by atoms with van der Waals surface area (Å²) < 4.78 is 26.8. The first-order valence-corrected chi connectivity index (χ1v) is 5.77. The SMILES string of the molecule is Cc1cc(-c2ccc(Cl)c(F)c2)c(C(=O)O)cc1F. The van der Waals surface area contributed by atoms with Crippen LogP contribution in [0.4, 0.5) is 8.78 Å². The highest BCUT2D eigenvalue weighted by molar-refractivity contribution is 6.30. The van der Waals surface area contributed by atoms with Gasteiger partial charge in [-0.05, 0) is 47.9 Å². The third-order valence-electron chi connectivity index (χ3n) is 2.76. The van der Waals surface area contributed by atoms with E-state index in [9.17, 15) is 13.6 Å². The molecule has 0 aliphatic carbocycles. The maximum Gasteiger partial charge on any atom is 0.336 e. The Labute approximate surface area is 113 Å². The standard InChI is InChI=1S/C14H9ClF2O2/c1-7-4-9(10(14(18)19)6-12(7)16)8-2-3-11(15)13(17)5-8/h2-6H,1H3,(H,18,19). The van der Waals surface area contributed by atoms with Crippen molar-refractivity contribution in [3.8, 4) is 11.1 Å². The van der Waals surface area contributed by atoms with E-state index in [0.29, 0.717) is 5.56 Å². The molecule has 0 spiro atoms. The minimum Gasteiger partial charge on any atom is -0.478 e. The molecule has 0 amide bonds. The number of carboxylic acid groups (broad SMARTS) is 1. The van der Waals surface area contributed by atoms with E-state index in [2.05, 4.69) is 0 Å². The van der Waals surface area contributed by atoms with Crippen LogP contribution < -0.4 is 0 Å². The summed E-state index contributed by atoms with van der Waals surface area (Å²) in [6.07, 6.45) is 0. The lowest BCUT2D eigenvalue weighted by atomic mass is 9.97. The third-order valence-corrected chi connectivity index (χ3v) is 3.07. The Morgan fingerprint density at radius 3 is 2.42 bits per heavy atom. The van der Waals surface area contributed by atoms with Crippen LogP contribution in [0, 0.1) is 18.6 Å². The first-order valence-electron chi connectivity index (χ1n) is 5.39. The second-order valence-corrected chi connectivity index (χ2v) is 4.49. The van der Waals surface area contributed by atoms with Gasteiger partial charge < -0.3 is 5.11 Å². The Bertz CT molecular complexity index is 669. The third kappa shape index (κ3) is 2.58. The van der Waals surface area contributed by atoms with E-state index in [4.69, 9.17) is 16.7 Å². The zero-order chi connectivity index (χ0) is 14.2. The fraction of sp³-hybridized carbons (Fsp3) is 0.0714. The molecular weight excluding hydrogens is 274 g/mol. The van der Waals surface area contributed by atoms with E-state index in [0.717, 1.165) is 12.1 Å². The van der Waals surface area contributed by atoms with Crippen molar-refractivity contribution in [3.05, 3.63) is 58.1 Å². The van der Waals surface area contributed by atoms with Crippen LogP contribution in [0.25, 0.3) is 11.1 Å². The smallest absolute Gasteiger partial charge is 0.336 e. The van der Waals surface area contributed by atoms with Gasteiger partial charge in [-0.15, -0.1) is 0 Å².